The Morgan fingerprint density at radius 2 is 2.00 bits per heavy atom. The molecule has 0 aromatic heterocycles. The summed E-state index contributed by atoms with van der Waals surface area (Å²) in [6.45, 7) is 1.81. The molecule has 1 rings (SSSR count). The summed E-state index contributed by atoms with van der Waals surface area (Å²) in [5.41, 5.74) is 1.68. The van der Waals surface area contributed by atoms with Gasteiger partial charge in [-0.1, -0.05) is 15.9 Å². The van der Waals surface area contributed by atoms with E-state index in [2.05, 4.69) is 15.9 Å². The maximum Gasteiger partial charge on any atom is 0.254 e. The van der Waals surface area contributed by atoms with Crippen LogP contribution in [-0.4, -0.2) is 31.2 Å². The van der Waals surface area contributed by atoms with Crippen molar-refractivity contribution >= 4 is 28.1 Å². The van der Waals surface area contributed by atoms with Crippen LogP contribution in [0.25, 0.3) is 0 Å². The SMILES string of the molecule is Cc1cc(Br)cc(C(=O)N(C)C)c1C=O. The molecule has 0 saturated carbocycles. The normalized spacial score (nSPS) is 9.87. The van der Waals surface area contributed by atoms with Gasteiger partial charge in [0.2, 0.25) is 0 Å². The number of amides is 1. The highest BCUT2D eigenvalue weighted by molar-refractivity contribution is 9.10. The minimum atomic E-state index is -0.165. The smallest absolute Gasteiger partial charge is 0.254 e. The molecular weight excluding hydrogens is 258 g/mol. The van der Waals surface area contributed by atoms with Crippen LogP contribution in [0.3, 0.4) is 0 Å². The Morgan fingerprint density at radius 1 is 1.40 bits per heavy atom. The van der Waals surface area contributed by atoms with E-state index in [9.17, 15) is 9.59 Å². The van der Waals surface area contributed by atoms with Crippen LogP contribution >= 0.6 is 15.9 Å². The average molecular weight is 270 g/mol. The Balaban J connectivity index is 3.39. The fourth-order valence-electron chi connectivity index (χ4n) is 1.33. The molecule has 4 heteroatoms. The molecule has 3 nitrogen and oxygen atoms in total. The first-order valence-corrected chi connectivity index (χ1v) is 5.23. The molecule has 0 aliphatic heterocycles. The highest BCUT2D eigenvalue weighted by Gasteiger charge is 2.15. The third-order valence-corrected chi connectivity index (χ3v) is 2.56. The van der Waals surface area contributed by atoms with E-state index in [0.29, 0.717) is 11.1 Å². The molecule has 0 radical (unpaired) electrons. The second kappa shape index (κ2) is 4.57. The van der Waals surface area contributed by atoms with Gasteiger partial charge in [0.25, 0.3) is 5.91 Å². The summed E-state index contributed by atoms with van der Waals surface area (Å²) in [5.74, 6) is -0.165. The van der Waals surface area contributed by atoms with Gasteiger partial charge in [-0.2, -0.15) is 0 Å². The van der Waals surface area contributed by atoms with Gasteiger partial charge >= 0.3 is 0 Å². The van der Waals surface area contributed by atoms with Gasteiger partial charge < -0.3 is 4.90 Å². The largest absolute Gasteiger partial charge is 0.345 e. The van der Waals surface area contributed by atoms with Crippen molar-refractivity contribution in [2.45, 2.75) is 6.92 Å². The number of aryl methyl sites for hydroxylation is 1. The van der Waals surface area contributed by atoms with E-state index in [4.69, 9.17) is 0 Å². The molecule has 0 aliphatic carbocycles. The van der Waals surface area contributed by atoms with E-state index in [-0.39, 0.29) is 5.91 Å². The summed E-state index contributed by atoms with van der Waals surface area (Å²) in [6, 6.07) is 3.48. The maximum absolute atomic E-state index is 11.8. The zero-order valence-corrected chi connectivity index (χ0v) is 10.5. The highest BCUT2D eigenvalue weighted by Crippen LogP contribution is 2.20. The lowest BCUT2D eigenvalue weighted by Crippen LogP contribution is -2.23. The predicted octanol–water partition coefficient (Wildman–Crippen LogP) is 2.27. The quantitative estimate of drug-likeness (QED) is 0.773. The first-order chi connectivity index (χ1) is 6.97. The molecule has 15 heavy (non-hydrogen) atoms. The molecule has 0 saturated heterocycles. The second-order valence-electron chi connectivity index (χ2n) is 3.50. The maximum atomic E-state index is 11.8. The highest BCUT2D eigenvalue weighted by atomic mass is 79.9. The summed E-state index contributed by atoms with van der Waals surface area (Å²) < 4.78 is 0.802. The van der Waals surface area contributed by atoms with E-state index in [1.807, 2.05) is 6.07 Å². The minimum absolute atomic E-state index is 0.165. The molecular formula is C11H12BrNO2. The molecule has 0 atom stereocenters. The third-order valence-electron chi connectivity index (χ3n) is 2.11. The molecule has 1 aromatic rings. The summed E-state index contributed by atoms with van der Waals surface area (Å²) >= 11 is 3.31. The first-order valence-electron chi connectivity index (χ1n) is 4.44. The van der Waals surface area contributed by atoms with E-state index >= 15 is 0 Å². The van der Waals surface area contributed by atoms with Gasteiger partial charge in [0, 0.05) is 24.1 Å². The lowest BCUT2D eigenvalue weighted by atomic mass is 10.0. The van der Waals surface area contributed by atoms with Crippen LogP contribution in [0.15, 0.2) is 16.6 Å². The molecule has 1 aromatic carbocycles. The van der Waals surface area contributed by atoms with Crippen LogP contribution in [0.2, 0.25) is 0 Å². The summed E-state index contributed by atoms with van der Waals surface area (Å²) in [5, 5.41) is 0. The lowest BCUT2D eigenvalue weighted by molar-refractivity contribution is 0.0824. The van der Waals surface area contributed by atoms with Gasteiger partial charge in [0.1, 0.15) is 0 Å². The third kappa shape index (κ3) is 2.45. The van der Waals surface area contributed by atoms with Crippen molar-refractivity contribution in [2.24, 2.45) is 0 Å². The van der Waals surface area contributed by atoms with Crippen LogP contribution in [0.1, 0.15) is 26.3 Å². The number of benzene rings is 1. The summed E-state index contributed by atoms with van der Waals surface area (Å²) in [4.78, 5) is 24.1. The standard InChI is InChI=1S/C11H12BrNO2/c1-7-4-8(12)5-9(10(7)6-14)11(15)13(2)3/h4-6H,1-3H3. The number of rotatable bonds is 2. The summed E-state index contributed by atoms with van der Waals surface area (Å²) in [7, 11) is 3.32. The van der Waals surface area contributed by atoms with Gasteiger partial charge in [-0.25, -0.2) is 0 Å². The zero-order valence-electron chi connectivity index (χ0n) is 8.87. The van der Waals surface area contributed by atoms with E-state index < -0.39 is 0 Å². The van der Waals surface area contributed by atoms with Crippen molar-refractivity contribution in [3.8, 4) is 0 Å². The summed E-state index contributed by atoms with van der Waals surface area (Å²) in [6.07, 6.45) is 0.721. The van der Waals surface area contributed by atoms with Gasteiger partial charge in [0.15, 0.2) is 6.29 Å². The van der Waals surface area contributed by atoms with E-state index in [0.717, 1.165) is 16.3 Å². The molecule has 0 aliphatic rings. The fraction of sp³-hybridized carbons (Fsp3) is 0.273. The number of hydrogen-bond donors (Lipinski definition) is 0. The number of aldehydes is 1. The van der Waals surface area contributed by atoms with Gasteiger partial charge in [-0.05, 0) is 24.6 Å². The lowest BCUT2D eigenvalue weighted by Gasteiger charge is -2.13. The van der Waals surface area contributed by atoms with Crippen molar-refractivity contribution in [3.63, 3.8) is 0 Å². The molecule has 0 spiro atoms. The van der Waals surface area contributed by atoms with Crippen molar-refractivity contribution in [1.82, 2.24) is 4.90 Å². The van der Waals surface area contributed by atoms with Gasteiger partial charge in [-0.3, -0.25) is 9.59 Å². The zero-order chi connectivity index (χ0) is 11.6. The number of hydrogen-bond acceptors (Lipinski definition) is 2. The Kier molecular flexibility index (Phi) is 3.63. The first kappa shape index (κ1) is 11.9. The molecule has 0 fully saturated rings. The van der Waals surface area contributed by atoms with Crippen molar-refractivity contribution < 1.29 is 9.59 Å². The average Bonchev–Trinajstić information content (AvgIpc) is 2.15. The number of carbonyl (C=O) groups excluding carboxylic acids is 2. The second-order valence-corrected chi connectivity index (χ2v) is 4.42. The van der Waals surface area contributed by atoms with E-state index in [1.54, 1.807) is 27.1 Å². The Hall–Kier alpha value is -1.16. The molecule has 1 amide bonds. The van der Waals surface area contributed by atoms with Crippen LogP contribution in [-0.2, 0) is 0 Å². The van der Waals surface area contributed by atoms with Gasteiger partial charge in [-0.15, -0.1) is 0 Å². The molecule has 0 bridgehead atoms. The van der Waals surface area contributed by atoms with Crippen LogP contribution in [0, 0.1) is 6.92 Å². The Bertz CT molecular complexity index is 413. The predicted molar refractivity (Wildman–Crippen MR) is 62.3 cm³/mol. The Labute approximate surface area is 97.2 Å². The monoisotopic (exact) mass is 269 g/mol. The van der Waals surface area contributed by atoms with Crippen molar-refractivity contribution in [2.75, 3.05) is 14.1 Å². The van der Waals surface area contributed by atoms with Crippen molar-refractivity contribution in [1.29, 1.82) is 0 Å². The van der Waals surface area contributed by atoms with Crippen molar-refractivity contribution in [3.05, 3.63) is 33.3 Å². The number of nitrogens with zero attached hydrogens (tertiary/aromatic N) is 1. The number of halogens is 1. The van der Waals surface area contributed by atoms with Crippen LogP contribution < -0.4 is 0 Å². The molecule has 0 heterocycles. The molecule has 0 unspecified atom stereocenters. The van der Waals surface area contributed by atoms with E-state index in [1.165, 1.54) is 4.90 Å². The fourth-order valence-corrected chi connectivity index (χ4v) is 1.90. The van der Waals surface area contributed by atoms with Crippen LogP contribution in [0.5, 0.6) is 0 Å². The minimum Gasteiger partial charge on any atom is -0.345 e. The molecule has 80 valence electrons. The Morgan fingerprint density at radius 3 is 2.47 bits per heavy atom. The van der Waals surface area contributed by atoms with Gasteiger partial charge in [0.05, 0.1) is 5.56 Å². The topological polar surface area (TPSA) is 37.4 Å². The van der Waals surface area contributed by atoms with Crippen LogP contribution in [0.4, 0.5) is 0 Å². The number of carbonyl (C=O) groups is 2. The molecule has 0 N–H and O–H groups in total.